The van der Waals surface area contributed by atoms with Crippen molar-refractivity contribution < 1.29 is 14.3 Å². The molecule has 0 bridgehead atoms. The van der Waals surface area contributed by atoms with E-state index in [9.17, 15) is 9.59 Å². The number of nitrogens with one attached hydrogen (secondary N) is 2. The Hall–Kier alpha value is -3.84. The second kappa shape index (κ2) is 11.7. The van der Waals surface area contributed by atoms with Crippen molar-refractivity contribution in [1.29, 1.82) is 0 Å². The minimum absolute atomic E-state index is 0.182. The highest BCUT2D eigenvalue weighted by atomic mass is 16.5. The Balaban J connectivity index is 1.22. The van der Waals surface area contributed by atoms with Crippen LogP contribution >= 0.6 is 0 Å². The number of carbonyl (C=O) groups excluding carboxylic acids is 2. The molecule has 0 unspecified atom stereocenters. The number of anilines is 1. The lowest BCUT2D eigenvalue weighted by atomic mass is 9.93. The number of rotatable bonds is 7. The molecule has 1 saturated heterocycles. The van der Waals surface area contributed by atoms with Gasteiger partial charge in [-0.25, -0.2) is 14.2 Å². The molecule has 1 fully saturated rings. The molecule has 1 atom stereocenters. The summed E-state index contributed by atoms with van der Waals surface area (Å²) in [6, 6.07) is 24.0. The standard InChI is InChI=1S/C31H36N4O3/c1-3-27(25-13-5-8-14-26(25)33-30(36)32-4-2)34-19-17-22(18-20-34)21-38-31(37)35-28-15-9-6-11-23(28)24-12-7-10-16-29(24)35/h5-16,22,27H,3-4,17-21H2,1-2H3,(H2,32,33,36)/t27-/m0/s1. The van der Waals surface area contributed by atoms with Crippen molar-refractivity contribution in [2.45, 2.75) is 39.2 Å². The number of hydrogen-bond acceptors (Lipinski definition) is 4. The summed E-state index contributed by atoms with van der Waals surface area (Å²) in [5.41, 5.74) is 3.74. The molecule has 0 saturated carbocycles. The lowest BCUT2D eigenvalue weighted by Crippen LogP contribution is -2.38. The molecule has 2 heterocycles. The molecule has 7 nitrogen and oxygen atoms in total. The monoisotopic (exact) mass is 512 g/mol. The molecule has 1 aliphatic rings. The van der Waals surface area contributed by atoms with Gasteiger partial charge in [-0.2, -0.15) is 0 Å². The van der Waals surface area contributed by atoms with Crippen molar-refractivity contribution in [2.75, 3.05) is 31.6 Å². The van der Waals surface area contributed by atoms with Crippen molar-refractivity contribution >= 4 is 39.6 Å². The molecule has 5 rings (SSSR count). The summed E-state index contributed by atoms with van der Waals surface area (Å²) in [6.45, 7) is 6.94. The van der Waals surface area contributed by atoms with Crippen LogP contribution in [-0.4, -0.2) is 47.8 Å². The van der Waals surface area contributed by atoms with Gasteiger partial charge in [-0.05, 0) is 69.0 Å². The zero-order valence-electron chi connectivity index (χ0n) is 22.2. The fourth-order valence-electron chi connectivity index (χ4n) is 5.71. The Bertz CT molecular complexity index is 1370. The smallest absolute Gasteiger partial charge is 0.418 e. The zero-order chi connectivity index (χ0) is 26.5. The van der Waals surface area contributed by atoms with Crippen molar-refractivity contribution in [1.82, 2.24) is 14.8 Å². The Kier molecular flexibility index (Phi) is 7.94. The van der Waals surface area contributed by atoms with Crippen LogP contribution in [0, 0.1) is 5.92 Å². The van der Waals surface area contributed by atoms with Crippen LogP contribution in [0.3, 0.4) is 0 Å². The fraction of sp³-hybridized carbons (Fsp3) is 0.355. The first-order valence-corrected chi connectivity index (χ1v) is 13.6. The number of fused-ring (bicyclic) bond motifs is 3. The van der Waals surface area contributed by atoms with Crippen LogP contribution in [0.2, 0.25) is 0 Å². The topological polar surface area (TPSA) is 75.6 Å². The average Bonchev–Trinajstić information content (AvgIpc) is 3.28. The van der Waals surface area contributed by atoms with Gasteiger partial charge < -0.3 is 15.4 Å². The second-order valence-corrected chi connectivity index (χ2v) is 9.92. The van der Waals surface area contributed by atoms with Gasteiger partial charge in [-0.3, -0.25) is 4.90 Å². The fourth-order valence-corrected chi connectivity index (χ4v) is 5.71. The number of ether oxygens (including phenoxy) is 1. The molecule has 7 heteroatoms. The van der Waals surface area contributed by atoms with E-state index in [-0.39, 0.29) is 18.2 Å². The summed E-state index contributed by atoms with van der Waals surface area (Å²) < 4.78 is 7.59. The second-order valence-electron chi connectivity index (χ2n) is 9.92. The Morgan fingerprint density at radius 1 is 0.895 bits per heavy atom. The molecule has 198 valence electrons. The minimum Gasteiger partial charge on any atom is -0.449 e. The van der Waals surface area contributed by atoms with E-state index in [1.807, 2.05) is 73.7 Å². The van der Waals surface area contributed by atoms with Crippen LogP contribution in [0.15, 0.2) is 72.8 Å². The van der Waals surface area contributed by atoms with Crippen LogP contribution in [0.5, 0.6) is 0 Å². The first-order chi connectivity index (χ1) is 18.6. The van der Waals surface area contributed by atoms with Gasteiger partial charge >= 0.3 is 12.1 Å². The highest BCUT2D eigenvalue weighted by Gasteiger charge is 2.28. The van der Waals surface area contributed by atoms with Gasteiger partial charge in [0.15, 0.2) is 0 Å². The van der Waals surface area contributed by atoms with E-state index < -0.39 is 0 Å². The molecule has 1 aromatic heterocycles. The van der Waals surface area contributed by atoms with E-state index in [2.05, 4.69) is 28.5 Å². The normalized spacial score (nSPS) is 15.4. The Morgan fingerprint density at radius 2 is 1.50 bits per heavy atom. The van der Waals surface area contributed by atoms with Crippen molar-refractivity contribution in [3.8, 4) is 0 Å². The van der Waals surface area contributed by atoms with E-state index in [0.717, 1.165) is 65.4 Å². The molecular weight excluding hydrogens is 476 g/mol. The average molecular weight is 513 g/mol. The molecular formula is C31H36N4O3. The third-order valence-corrected chi connectivity index (χ3v) is 7.59. The summed E-state index contributed by atoms with van der Waals surface area (Å²) in [7, 11) is 0. The lowest BCUT2D eigenvalue weighted by Gasteiger charge is -2.38. The predicted molar refractivity (Wildman–Crippen MR) is 153 cm³/mol. The minimum atomic E-state index is -0.318. The van der Waals surface area contributed by atoms with E-state index in [1.54, 1.807) is 4.57 Å². The van der Waals surface area contributed by atoms with Crippen molar-refractivity contribution in [2.24, 2.45) is 5.92 Å². The van der Waals surface area contributed by atoms with E-state index in [4.69, 9.17) is 4.74 Å². The van der Waals surface area contributed by atoms with Gasteiger partial charge in [-0.15, -0.1) is 0 Å². The van der Waals surface area contributed by atoms with Gasteiger partial charge in [0, 0.05) is 29.0 Å². The summed E-state index contributed by atoms with van der Waals surface area (Å²) in [5, 5.41) is 7.93. The molecule has 2 N–H and O–H groups in total. The van der Waals surface area contributed by atoms with Crippen molar-refractivity contribution in [3.63, 3.8) is 0 Å². The summed E-state index contributed by atoms with van der Waals surface area (Å²) in [5.74, 6) is 0.324. The number of para-hydroxylation sites is 3. The molecule has 2 amide bonds. The summed E-state index contributed by atoms with van der Waals surface area (Å²) in [6.07, 6.45) is 2.55. The van der Waals surface area contributed by atoms with Crippen LogP contribution in [0.1, 0.15) is 44.7 Å². The van der Waals surface area contributed by atoms with E-state index in [0.29, 0.717) is 19.1 Å². The van der Waals surface area contributed by atoms with Gasteiger partial charge in [0.1, 0.15) is 0 Å². The maximum atomic E-state index is 13.2. The number of urea groups is 1. The quantitative estimate of drug-likeness (QED) is 0.286. The van der Waals surface area contributed by atoms with Gasteiger partial charge in [-0.1, -0.05) is 61.5 Å². The molecule has 0 aliphatic carbocycles. The molecule has 0 radical (unpaired) electrons. The summed E-state index contributed by atoms with van der Waals surface area (Å²) in [4.78, 5) is 27.9. The Morgan fingerprint density at radius 3 is 2.13 bits per heavy atom. The first kappa shape index (κ1) is 25.8. The lowest BCUT2D eigenvalue weighted by molar-refractivity contribution is 0.0807. The maximum Gasteiger partial charge on any atom is 0.418 e. The number of hydrogen-bond donors (Lipinski definition) is 2. The molecule has 38 heavy (non-hydrogen) atoms. The largest absolute Gasteiger partial charge is 0.449 e. The first-order valence-electron chi connectivity index (χ1n) is 13.6. The number of nitrogens with zero attached hydrogens (tertiary/aromatic N) is 2. The van der Waals surface area contributed by atoms with Crippen LogP contribution in [-0.2, 0) is 4.74 Å². The highest BCUT2D eigenvalue weighted by molar-refractivity contribution is 6.12. The van der Waals surface area contributed by atoms with Crippen LogP contribution in [0.4, 0.5) is 15.3 Å². The molecule has 4 aromatic rings. The molecule has 3 aromatic carbocycles. The molecule has 1 aliphatic heterocycles. The Labute approximate surface area is 223 Å². The van der Waals surface area contributed by atoms with Crippen LogP contribution < -0.4 is 10.6 Å². The maximum absolute atomic E-state index is 13.2. The SMILES string of the molecule is CCNC(=O)Nc1ccccc1[C@H](CC)N1CCC(COC(=O)n2c3ccccc3c3ccccc32)CC1. The van der Waals surface area contributed by atoms with E-state index >= 15 is 0 Å². The van der Waals surface area contributed by atoms with Crippen molar-refractivity contribution in [3.05, 3.63) is 78.4 Å². The van der Waals surface area contributed by atoms with Gasteiger partial charge in [0.05, 0.1) is 17.6 Å². The number of piperidine rings is 1. The number of carbonyl (C=O) groups is 2. The van der Waals surface area contributed by atoms with E-state index in [1.165, 1.54) is 0 Å². The number of likely N-dealkylation sites (tertiary alicyclic amines) is 1. The number of amides is 2. The zero-order valence-corrected chi connectivity index (χ0v) is 22.2. The van der Waals surface area contributed by atoms with Gasteiger partial charge in [0.2, 0.25) is 0 Å². The third kappa shape index (κ3) is 5.24. The van der Waals surface area contributed by atoms with Gasteiger partial charge in [0.25, 0.3) is 0 Å². The number of aromatic nitrogens is 1. The third-order valence-electron chi connectivity index (χ3n) is 7.59. The number of benzene rings is 3. The van der Waals surface area contributed by atoms with Crippen LogP contribution in [0.25, 0.3) is 21.8 Å². The summed E-state index contributed by atoms with van der Waals surface area (Å²) >= 11 is 0. The highest BCUT2D eigenvalue weighted by Crippen LogP contribution is 2.34. The molecule has 0 spiro atoms. The predicted octanol–water partition coefficient (Wildman–Crippen LogP) is 6.78.